The van der Waals surface area contributed by atoms with Crippen LogP contribution in [-0.4, -0.2) is 17.5 Å². The van der Waals surface area contributed by atoms with E-state index in [1.807, 2.05) is 59.8 Å². The van der Waals surface area contributed by atoms with Gasteiger partial charge in [0.25, 0.3) is 0 Å². The molecule has 1 unspecified atom stereocenters. The molecule has 1 aliphatic carbocycles. The van der Waals surface area contributed by atoms with Crippen molar-refractivity contribution >= 4 is 0 Å². The van der Waals surface area contributed by atoms with E-state index < -0.39 is 5.79 Å². The van der Waals surface area contributed by atoms with Gasteiger partial charge >= 0.3 is 0 Å². The fraction of sp³-hybridized carbons (Fsp3) is 0.250. The number of aromatic nitrogens is 1. The summed E-state index contributed by atoms with van der Waals surface area (Å²) < 4.78 is 13.0. The van der Waals surface area contributed by atoms with Gasteiger partial charge in [-0.15, -0.1) is 0 Å². The molecule has 2 rings (SSSR count). The van der Waals surface area contributed by atoms with E-state index in [2.05, 4.69) is 0 Å². The van der Waals surface area contributed by atoms with Gasteiger partial charge in [0, 0.05) is 25.9 Å². The Bertz CT molecular complexity index is 354. The Kier molecular flexibility index (Phi) is 3.04. The van der Waals surface area contributed by atoms with E-state index in [4.69, 9.17) is 9.47 Å². The lowest BCUT2D eigenvalue weighted by atomic mass is 10.1. The molecular weight excluding hydrogens is 190 g/mol. The minimum Gasteiger partial charge on any atom is -0.349 e. The molecule has 0 fully saturated rings. The monoisotopic (exact) mass is 204 g/mol. The van der Waals surface area contributed by atoms with Crippen molar-refractivity contribution in [1.82, 2.24) is 4.57 Å². The number of allylic oxidation sites excluding steroid dienone is 2. The molecule has 79 valence electrons. The highest BCUT2D eigenvalue weighted by molar-refractivity contribution is 5.24. The molecule has 1 heterocycles. The van der Waals surface area contributed by atoms with Crippen LogP contribution in [0.15, 0.2) is 48.8 Å². The van der Waals surface area contributed by atoms with Crippen molar-refractivity contribution in [2.24, 2.45) is 0 Å². The summed E-state index contributed by atoms with van der Waals surface area (Å²) in [6, 6.07) is 3.92. The maximum atomic E-state index is 5.71. The number of rotatable bonds is 4. The quantitative estimate of drug-likeness (QED) is 0.701. The molecule has 0 aromatic carbocycles. The maximum Gasteiger partial charge on any atom is 0.196 e. The van der Waals surface area contributed by atoms with Crippen LogP contribution >= 0.6 is 0 Å². The third-order valence-corrected chi connectivity index (χ3v) is 2.30. The lowest BCUT2D eigenvalue weighted by Crippen LogP contribution is -2.34. The summed E-state index contributed by atoms with van der Waals surface area (Å²) in [4.78, 5) is 0. The van der Waals surface area contributed by atoms with Crippen LogP contribution in [0, 0.1) is 6.42 Å². The summed E-state index contributed by atoms with van der Waals surface area (Å²) in [5.74, 6) is -0.723. The van der Waals surface area contributed by atoms with Crippen molar-refractivity contribution < 1.29 is 9.47 Å². The van der Waals surface area contributed by atoms with Crippen molar-refractivity contribution in [2.75, 3.05) is 7.11 Å². The van der Waals surface area contributed by atoms with E-state index in [9.17, 15) is 0 Å². The van der Waals surface area contributed by atoms with Crippen molar-refractivity contribution in [3.05, 3.63) is 55.3 Å². The summed E-state index contributed by atoms with van der Waals surface area (Å²) in [6.07, 6.45) is 13.4. The summed E-state index contributed by atoms with van der Waals surface area (Å²) >= 11 is 0. The van der Waals surface area contributed by atoms with E-state index in [0.717, 1.165) is 0 Å². The van der Waals surface area contributed by atoms with Crippen molar-refractivity contribution in [3.63, 3.8) is 0 Å². The molecule has 0 saturated heterocycles. The van der Waals surface area contributed by atoms with Gasteiger partial charge in [-0.1, -0.05) is 18.2 Å². The van der Waals surface area contributed by atoms with Gasteiger partial charge < -0.3 is 14.0 Å². The Morgan fingerprint density at radius 2 is 1.93 bits per heavy atom. The maximum absolute atomic E-state index is 5.71. The average molecular weight is 204 g/mol. The molecule has 0 N–H and O–H groups in total. The van der Waals surface area contributed by atoms with Gasteiger partial charge in [-0.3, -0.25) is 0 Å². The van der Waals surface area contributed by atoms with Gasteiger partial charge in [-0.05, 0) is 18.2 Å². The molecule has 0 spiro atoms. The minimum absolute atomic E-state index is 0.468. The highest BCUT2D eigenvalue weighted by Gasteiger charge is 2.27. The highest BCUT2D eigenvalue weighted by Crippen LogP contribution is 2.22. The van der Waals surface area contributed by atoms with E-state index in [-0.39, 0.29) is 0 Å². The second-order valence-electron chi connectivity index (χ2n) is 3.31. The number of hydrogen-bond donors (Lipinski definition) is 0. The van der Waals surface area contributed by atoms with Crippen LogP contribution < -0.4 is 0 Å². The molecule has 0 saturated carbocycles. The normalized spacial score (nSPS) is 24.6. The zero-order valence-corrected chi connectivity index (χ0v) is 8.67. The van der Waals surface area contributed by atoms with Crippen LogP contribution in [0.25, 0.3) is 0 Å². The Hall–Kier alpha value is -1.32. The number of hydrogen-bond acceptors (Lipinski definition) is 2. The zero-order chi connectivity index (χ0) is 10.6. The summed E-state index contributed by atoms with van der Waals surface area (Å²) in [5, 5.41) is 0. The first-order valence-electron chi connectivity index (χ1n) is 4.85. The van der Waals surface area contributed by atoms with E-state index in [1.165, 1.54) is 0 Å². The summed E-state index contributed by atoms with van der Waals surface area (Å²) in [6.45, 7) is 0.468. The molecule has 0 amide bonds. The standard InChI is InChI=1S/C12H14NO2/c1-14-12(7-3-2-4-8-12)15-11-13-9-5-6-10-13/h2-10H,11H2,1H3. The molecule has 0 aliphatic heterocycles. The Morgan fingerprint density at radius 3 is 2.53 bits per heavy atom. The van der Waals surface area contributed by atoms with Crippen LogP contribution in [0.1, 0.15) is 0 Å². The molecule has 0 bridgehead atoms. The first-order chi connectivity index (χ1) is 7.35. The second-order valence-corrected chi connectivity index (χ2v) is 3.31. The third-order valence-electron chi connectivity index (χ3n) is 2.30. The second kappa shape index (κ2) is 4.47. The highest BCUT2D eigenvalue weighted by atomic mass is 16.7. The van der Waals surface area contributed by atoms with Gasteiger partial charge in [0.05, 0.1) is 0 Å². The molecular formula is C12H14NO2. The first kappa shape index (κ1) is 10.2. The van der Waals surface area contributed by atoms with Gasteiger partial charge in [-0.25, -0.2) is 0 Å². The Morgan fingerprint density at radius 1 is 1.13 bits per heavy atom. The van der Waals surface area contributed by atoms with E-state index in [1.54, 1.807) is 7.11 Å². The number of methoxy groups -OCH3 is 1. The van der Waals surface area contributed by atoms with E-state index in [0.29, 0.717) is 6.73 Å². The lowest BCUT2D eigenvalue weighted by molar-refractivity contribution is -0.183. The average Bonchev–Trinajstić information content (AvgIpc) is 2.81. The van der Waals surface area contributed by atoms with Crippen molar-refractivity contribution in [1.29, 1.82) is 0 Å². The largest absolute Gasteiger partial charge is 0.349 e. The van der Waals surface area contributed by atoms with Crippen LogP contribution in [-0.2, 0) is 16.2 Å². The SMILES string of the molecule is COC1(OCn2cccc2)[CH]C=CC=C1. The molecule has 1 aliphatic rings. The topological polar surface area (TPSA) is 23.4 Å². The Labute approximate surface area is 89.6 Å². The van der Waals surface area contributed by atoms with Gasteiger partial charge in [-0.2, -0.15) is 0 Å². The molecule has 15 heavy (non-hydrogen) atoms. The fourth-order valence-corrected chi connectivity index (χ4v) is 1.42. The summed E-state index contributed by atoms with van der Waals surface area (Å²) in [7, 11) is 1.63. The molecule has 3 heteroatoms. The minimum atomic E-state index is -0.723. The first-order valence-corrected chi connectivity index (χ1v) is 4.85. The molecule has 3 nitrogen and oxygen atoms in total. The van der Waals surface area contributed by atoms with E-state index >= 15 is 0 Å². The van der Waals surface area contributed by atoms with Crippen LogP contribution in [0.5, 0.6) is 0 Å². The van der Waals surface area contributed by atoms with Crippen molar-refractivity contribution in [3.8, 4) is 0 Å². The van der Waals surface area contributed by atoms with Gasteiger partial charge in [0.2, 0.25) is 0 Å². The Balaban J connectivity index is 1.97. The zero-order valence-electron chi connectivity index (χ0n) is 8.67. The predicted octanol–water partition coefficient (Wildman–Crippen LogP) is 2.14. The molecule has 1 atom stereocenters. The molecule has 1 aromatic heterocycles. The molecule has 1 aromatic rings. The summed E-state index contributed by atoms with van der Waals surface area (Å²) in [5.41, 5.74) is 0. The third kappa shape index (κ3) is 2.37. The molecule has 1 radical (unpaired) electrons. The number of ether oxygens (including phenoxy) is 2. The fourth-order valence-electron chi connectivity index (χ4n) is 1.42. The van der Waals surface area contributed by atoms with Crippen LogP contribution in [0.2, 0.25) is 0 Å². The van der Waals surface area contributed by atoms with Crippen molar-refractivity contribution in [2.45, 2.75) is 12.5 Å². The van der Waals surface area contributed by atoms with Gasteiger partial charge in [0.15, 0.2) is 5.79 Å². The number of nitrogens with zero attached hydrogens (tertiary/aromatic N) is 1. The van der Waals surface area contributed by atoms with Gasteiger partial charge in [0.1, 0.15) is 6.73 Å². The van der Waals surface area contributed by atoms with Crippen LogP contribution in [0.4, 0.5) is 0 Å². The lowest BCUT2D eigenvalue weighted by Gasteiger charge is -2.29. The predicted molar refractivity (Wildman–Crippen MR) is 57.8 cm³/mol. The van der Waals surface area contributed by atoms with Crippen LogP contribution in [0.3, 0.4) is 0 Å². The smallest absolute Gasteiger partial charge is 0.196 e.